The van der Waals surface area contributed by atoms with Gasteiger partial charge in [0.1, 0.15) is 5.82 Å². The molecule has 0 aliphatic heterocycles. The molecule has 98 valence electrons. The third-order valence-electron chi connectivity index (χ3n) is 4.28. The Bertz CT molecular complexity index is 568. The van der Waals surface area contributed by atoms with Gasteiger partial charge in [-0.2, -0.15) is 0 Å². The Kier molecular flexibility index (Phi) is 2.79. The van der Waals surface area contributed by atoms with Gasteiger partial charge in [-0.1, -0.05) is 30.3 Å². The van der Waals surface area contributed by atoms with Gasteiger partial charge in [0.15, 0.2) is 0 Å². The molecule has 3 heteroatoms. The highest BCUT2D eigenvalue weighted by molar-refractivity contribution is 5.50. The molecule has 1 aromatic carbocycles. The van der Waals surface area contributed by atoms with E-state index in [2.05, 4.69) is 29.2 Å². The van der Waals surface area contributed by atoms with Crippen molar-refractivity contribution in [1.82, 2.24) is 4.98 Å². The van der Waals surface area contributed by atoms with E-state index in [1.807, 2.05) is 19.1 Å². The van der Waals surface area contributed by atoms with Crippen LogP contribution in [0.25, 0.3) is 0 Å². The summed E-state index contributed by atoms with van der Waals surface area (Å²) in [5, 5.41) is 0. The lowest BCUT2D eigenvalue weighted by Crippen LogP contribution is -2.28. The lowest BCUT2D eigenvalue weighted by molar-refractivity contribution is 0.539. The number of hydrogen-bond acceptors (Lipinski definition) is 3. The zero-order valence-electron chi connectivity index (χ0n) is 11.1. The number of aromatic nitrogens is 1. The lowest BCUT2D eigenvalue weighted by atomic mass is 9.83. The van der Waals surface area contributed by atoms with Crippen molar-refractivity contribution in [2.24, 2.45) is 5.73 Å². The summed E-state index contributed by atoms with van der Waals surface area (Å²) < 4.78 is 0. The summed E-state index contributed by atoms with van der Waals surface area (Å²) in [7, 11) is 0. The van der Waals surface area contributed by atoms with E-state index < -0.39 is 0 Å². The van der Waals surface area contributed by atoms with Crippen LogP contribution in [0.15, 0.2) is 42.6 Å². The van der Waals surface area contributed by atoms with Crippen molar-refractivity contribution >= 4 is 5.82 Å². The minimum atomic E-state index is -0.0800. The molecule has 0 saturated heterocycles. The van der Waals surface area contributed by atoms with Gasteiger partial charge in [-0.25, -0.2) is 4.98 Å². The van der Waals surface area contributed by atoms with E-state index in [1.165, 1.54) is 5.56 Å². The monoisotopic (exact) mass is 253 g/mol. The Morgan fingerprint density at radius 3 is 2.42 bits per heavy atom. The molecule has 1 saturated carbocycles. The van der Waals surface area contributed by atoms with Crippen LogP contribution in [0.2, 0.25) is 0 Å². The molecule has 1 aliphatic rings. The molecule has 0 bridgehead atoms. The Labute approximate surface area is 113 Å². The maximum Gasteiger partial charge on any atom is 0.128 e. The summed E-state index contributed by atoms with van der Waals surface area (Å²) in [5.41, 5.74) is 16.1. The molecule has 1 aliphatic carbocycles. The van der Waals surface area contributed by atoms with E-state index in [0.717, 1.165) is 24.0 Å². The first kappa shape index (κ1) is 12.2. The number of nitrogen functional groups attached to an aromatic ring is 1. The van der Waals surface area contributed by atoms with Crippen LogP contribution in [0.3, 0.4) is 0 Å². The molecule has 19 heavy (non-hydrogen) atoms. The standard InChI is InChI=1S/C16H19N3/c1-11-7-10-19-15(18)13(11)14(17)16(8-9-16)12-5-3-2-4-6-12/h2-7,10,14H,8-9,17H2,1H3,(H2,18,19). The van der Waals surface area contributed by atoms with Crippen LogP contribution in [-0.4, -0.2) is 4.98 Å². The van der Waals surface area contributed by atoms with Crippen molar-refractivity contribution < 1.29 is 0 Å². The van der Waals surface area contributed by atoms with Crippen LogP contribution >= 0.6 is 0 Å². The number of nitrogens with zero attached hydrogens (tertiary/aromatic N) is 1. The number of aryl methyl sites for hydroxylation is 1. The molecule has 1 aromatic heterocycles. The molecule has 3 rings (SSSR count). The summed E-state index contributed by atoms with van der Waals surface area (Å²) in [6, 6.07) is 12.4. The molecular weight excluding hydrogens is 234 g/mol. The van der Waals surface area contributed by atoms with Crippen molar-refractivity contribution in [3.63, 3.8) is 0 Å². The minimum Gasteiger partial charge on any atom is -0.383 e. The van der Waals surface area contributed by atoms with Crippen molar-refractivity contribution in [2.75, 3.05) is 5.73 Å². The van der Waals surface area contributed by atoms with Crippen LogP contribution in [0.5, 0.6) is 0 Å². The van der Waals surface area contributed by atoms with Gasteiger partial charge in [-0.15, -0.1) is 0 Å². The molecule has 3 nitrogen and oxygen atoms in total. The van der Waals surface area contributed by atoms with Gasteiger partial charge in [-0.05, 0) is 37.0 Å². The summed E-state index contributed by atoms with van der Waals surface area (Å²) >= 11 is 0. The quantitative estimate of drug-likeness (QED) is 0.884. The number of hydrogen-bond donors (Lipinski definition) is 2. The Morgan fingerprint density at radius 2 is 1.84 bits per heavy atom. The fraction of sp³-hybridized carbons (Fsp3) is 0.312. The number of nitrogens with two attached hydrogens (primary N) is 2. The second kappa shape index (κ2) is 4.35. The van der Waals surface area contributed by atoms with E-state index in [1.54, 1.807) is 6.20 Å². The van der Waals surface area contributed by atoms with E-state index in [9.17, 15) is 0 Å². The molecule has 0 spiro atoms. The first-order valence-corrected chi connectivity index (χ1v) is 6.67. The largest absolute Gasteiger partial charge is 0.383 e. The Balaban J connectivity index is 2.03. The zero-order valence-corrected chi connectivity index (χ0v) is 11.1. The van der Waals surface area contributed by atoms with Gasteiger partial charge < -0.3 is 11.5 Å². The lowest BCUT2D eigenvalue weighted by Gasteiger charge is -2.26. The number of benzene rings is 1. The first-order valence-electron chi connectivity index (χ1n) is 6.67. The molecule has 4 N–H and O–H groups in total. The third kappa shape index (κ3) is 1.90. The predicted molar refractivity (Wildman–Crippen MR) is 77.7 cm³/mol. The van der Waals surface area contributed by atoms with Crippen LogP contribution in [0.1, 0.15) is 35.6 Å². The maximum absolute atomic E-state index is 6.55. The summed E-state index contributed by atoms with van der Waals surface area (Å²) in [6.07, 6.45) is 3.97. The van der Waals surface area contributed by atoms with E-state index in [4.69, 9.17) is 11.5 Å². The second-order valence-electron chi connectivity index (χ2n) is 5.43. The molecule has 0 radical (unpaired) electrons. The highest BCUT2D eigenvalue weighted by Gasteiger charge is 2.50. The highest BCUT2D eigenvalue weighted by Crippen LogP contribution is 2.56. The number of pyridine rings is 1. The first-order chi connectivity index (χ1) is 9.15. The fourth-order valence-corrected chi connectivity index (χ4v) is 2.96. The van der Waals surface area contributed by atoms with Crippen molar-refractivity contribution in [1.29, 1.82) is 0 Å². The second-order valence-corrected chi connectivity index (χ2v) is 5.43. The Morgan fingerprint density at radius 1 is 1.16 bits per heavy atom. The average Bonchev–Trinajstić information content (AvgIpc) is 3.21. The normalized spacial score (nSPS) is 18.0. The summed E-state index contributed by atoms with van der Waals surface area (Å²) in [5.74, 6) is 0.565. The minimum absolute atomic E-state index is 0.0448. The summed E-state index contributed by atoms with van der Waals surface area (Å²) in [6.45, 7) is 2.05. The predicted octanol–water partition coefficient (Wildman–Crippen LogP) is 2.70. The molecule has 1 heterocycles. The smallest absolute Gasteiger partial charge is 0.128 e. The fourth-order valence-electron chi connectivity index (χ4n) is 2.96. The van der Waals surface area contributed by atoms with E-state index in [0.29, 0.717) is 5.82 Å². The van der Waals surface area contributed by atoms with Crippen molar-refractivity contribution in [3.8, 4) is 0 Å². The molecule has 1 unspecified atom stereocenters. The number of rotatable bonds is 3. The SMILES string of the molecule is Cc1ccnc(N)c1C(N)C1(c2ccccc2)CC1. The van der Waals surface area contributed by atoms with Gasteiger partial charge >= 0.3 is 0 Å². The molecular formula is C16H19N3. The number of anilines is 1. The molecule has 0 amide bonds. The Hall–Kier alpha value is -1.87. The van der Waals surface area contributed by atoms with Crippen molar-refractivity contribution in [3.05, 3.63) is 59.3 Å². The topological polar surface area (TPSA) is 64.9 Å². The summed E-state index contributed by atoms with van der Waals surface area (Å²) in [4.78, 5) is 4.19. The van der Waals surface area contributed by atoms with Gasteiger partial charge in [-0.3, -0.25) is 0 Å². The maximum atomic E-state index is 6.55. The molecule has 1 atom stereocenters. The third-order valence-corrected chi connectivity index (χ3v) is 4.28. The van der Waals surface area contributed by atoms with Gasteiger partial charge in [0.2, 0.25) is 0 Å². The van der Waals surface area contributed by atoms with Crippen LogP contribution < -0.4 is 11.5 Å². The van der Waals surface area contributed by atoms with E-state index >= 15 is 0 Å². The highest BCUT2D eigenvalue weighted by atomic mass is 14.9. The van der Waals surface area contributed by atoms with Crippen LogP contribution in [0, 0.1) is 6.92 Å². The average molecular weight is 253 g/mol. The van der Waals surface area contributed by atoms with Crippen LogP contribution in [-0.2, 0) is 5.41 Å². The molecule has 1 fully saturated rings. The molecule has 2 aromatic rings. The van der Waals surface area contributed by atoms with Crippen molar-refractivity contribution in [2.45, 2.75) is 31.2 Å². The van der Waals surface area contributed by atoms with Gasteiger partial charge in [0.25, 0.3) is 0 Å². The van der Waals surface area contributed by atoms with E-state index in [-0.39, 0.29) is 11.5 Å². The van der Waals surface area contributed by atoms with Gasteiger partial charge in [0.05, 0.1) is 0 Å². The van der Waals surface area contributed by atoms with Gasteiger partial charge in [0, 0.05) is 23.2 Å². The zero-order chi connectivity index (χ0) is 13.5. The van der Waals surface area contributed by atoms with Crippen LogP contribution in [0.4, 0.5) is 5.82 Å².